The maximum absolute atomic E-state index is 14.0. The summed E-state index contributed by atoms with van der Waals surface area (Å²) >= 11 is 3.48. The molecule has 0 saturated heterocycles. The van der Waals surface area contributed by atoms with E-state index >= 15 is 0 Å². The highest BCUT2D eigenvalue weighted by atomic mass is 79.9. The minimum atomic E-state index is -4.07. The van der Waals surface area contributed by atoms with Crippen molar-refractivity contribution in [2.45, 2.75) is 69.5 Å². The third-order valence-corrected chi connectivity index (χ3v) is 9.54. The number of aryl methyl sites for hydroxylation is 1. The Morgan fingerprint density at radius 1 is 0.950 bits per heavy atom. The lowest BCUT2D eigenvalue weighted by atomic mass is 9.95. The van der Waals surface area contributed by atoms with Gasteiger partial charge in [-0.15, -0.1) is 0 Å². The van der Waals surface area contributed by atoms with Gasteiger partial charge in [0.25, 0.3) is 10.0 Å². The summed E-state index contributed by atoms with van der Waals surface area (Å²) in [4.78, 5) is 29.0. The maximum atomic E-state index is 14.0. The molecule has 7 nitrogen and oxygen atoms in total. The van der Waals surface area contributed by atoms with Gasteiger partial charge in [-0.3, -0.25) is 13.9 Å². The highest BCUT2D eigenvalue weighted by Gasteiger charge is 2.33. The molecule has 1 fully saturated rings. The van der Waals surface area contributed by atoms with E-state index in [1.54, 1.807) is 43.3 Å². The summed E-state index contributed by atoms with van der Waals surface area (Å²) in [5, 5.41) is 3.13. The number of carbonyl (C=O) groups excluding carboxylic acids is 2. The molecule has 1 aliphatic carbocycles. The number of benzene rings is 3. The number of amides is 2. The summed E-state index contributed by atoms with van der Waals surface area (Å²) in [6.45, 7) is 3.28. The van der Waals surface area contributed by atoms with Crippen molar-refractivity contribution in [3.63, 3.8) is 0 Å². The van der Waals surface area contributed by atoms with E-state index in [4.69, 9.17) is 0 Å². The molecule has 3 aromatic carbocycles. The number of hydrogen-bond acceptors (Lipinski definition) is 4. The fraction of sp³-hybridized carbons (Fsp3) is 0.355. The second-order valence-corrected chi connectivity index (χ2v) is 13.1. The lowest BCUT2D eigenvalue weighted by Crippen LogP contribution is -2.53. The molecule has 0 heterocycles. The van der Waals surface area contributed by atoms with Crippen LogP contribution in [0, 0.1) is 6.92 Å². The first-order valence-electron chi connectivity index (χ1n) is 13.6. The Hall–Kier alpha value is -3.17. The van der Waals surface area contributed by atoms with Crippen LogP contribution in [0.2, 0.25) is 0 Å². The SMILES string of the molecule is Cc1cccc(N(CC(=O)N(Cc2cccc(Br)c2)C(C)C(=O)NC2CCCCC2)S(=O)(=O)c2ccccc2)c1. The molecule has 40 heavy (non-hydrogen) atoms. The molecule has 9 heteroatoms. The molecule has 1 atom stereocenters. The Balaban J connectivity index is 1.67. The molecule has 4 rings (SSSR count). The van der Waals surface area contributed by atoms with Gasteiger partial charge in [-0.1, -0.05) is 77.7 Å². The smallest absolute Gasteiger partial charge is 0.264 e. The highest BCUT2D eigenvalue weighted by molar-refractivity contribution is 9.10. The Bertz CT molecular complexity index is 1430. The molecule has 0 radical (unpaired) electrons. The third kappa shape index (κ3) is 7.52. The van der Waals surface area contributed by atoms with Gasteiger partial charge in [0.15, 0.2) is 0 Å². The third-order valence-electron chi connectivity index (χ3n) is 7.26. The Labute approximate surface area is 245 Å². The van der Waals surface area contributed by atoms with Crippen LogP contribution in [0.5, 0.6) is 0 Å². The van der Waals surface area contributed by atoms with Gasteiger partial charge in [0.05, 0.1) is 10.6 Å². The second kappa shape index (κ2) is 13.5. The second-order valence-electron chi connectivity index (χ2n) is 10.3. The van der Waals surface area contributed by atoms with Crippen molar-refractivity contribution in [1.82, 2.24) is 10.2 Å². The standard InChI is InChI=1S/C31H36BrN3O4S/c1-23-11-9-16-28(19-23)35(40(38,39)29-17-7-4-8-18-29)22-30(36)34(21-25-12-10-13-26(32)20-25)24(2)31(37)33-27-14-5-3-6-15-27/h4,7-13,16-20,24,27H,3,5-6,14-15,21-22H2,1-2H3,(H,33,37). The predicted octanol–water partition coefficient (Wildman–Crippen LogP) is 5.82. The molecule has 0 aromatic heterocycles. The van der Waals surface area contributed by atoms with E-state index in [9.17, 15) is 18.0 Å². The van der Waals surface area contributed by atoms with Crippen molar-refractivity contribution in [2.75, 3.05) is 10.8 Å². The molecule has 212 valence electrons. The Kier molecular flexibility index (Phi) is 10.0. The van der Waals surface area contributed by atoms with Crippen LogP contribution in [0.3, 0.4) is 0 Å². The zero-order valence-electron chi connectivity index (χ0n) is 22.9. The fourth-order valence-electron chi connectivity index (χ4n) is 5.01. The highest BCUT2D eigenvalue weighted by Crippen LogP contribution is 2.26. The van der Waals surface area contributed by atoms with E-state index in [0.717, 1.165) is 45.6 Å². The van der Waals surface area contributed by atoms with Gasteiger partial charge < -0.3 is 10.2 Å². The fourth-order valence-corrected chi connectivity index (χ4v) is 6.89. The van der Waals surface area contributed by atoms with Crippen molar-refractivity contribution in [3.05, 3.63) is 94.5 Å². The zero-order valence-corrected chi connectivity index (χ0v) is 25.3. The monoisotopic (exact) mass is 625 g/mol. The van der Waals surface area contributed by atoms with Crippen molar-refractivity contribution < 1.29 is 18.0 Å². The zero-order chi connectivity index (χ0) is 28.7. The molecular formula is C31H36BrN3O4S. The van der Waals surface area contributed by atoms with Crippen LogP contribution >= 0.6 is 15.9 Å². The quantitative estimate of drug-likeness (QED) is 0.308. The van der Waals surface area contributed by atoms with Gasteiger partial charge in [0.2, 0.25) is 11.8 Å². The van der Waals surface area contributed by atoms with Crippen LogP contribution in [0.25, 0.3) is 0 Å². The Morgan fingerprint density at radius 3 is 2.33 bits per heavy atom. The molecule has 1 aliphatic rings. The first-order chi connectivity index (χ1) is 19.1. The van der Waals surface area contributed by atoms with Crippen LogP contribution in [0.4, 0.5) is 5.69 Å². The number of sulfonamides is 1. The van der Waals surface area contributed by atoms with Crippen LogP contribution < -0.4 is 9.62 Å². The van der Waals surface area contributed by atoms with Crippen LogP contribution in [-0.4, -0.2) is 43.8 Å². The molecule has 1 N–H and O–H groups in total. The largest absolute Gasteiger partial charge is 0.352 e. The topological polar surface area (TPSA) is 86.8 Å². The van der Waals surface area contributed by atoms with E-state index in [1.165, 1.54) is 23.5 Å². The molecule has 1 unspecified atom stereocenters. The summed E-state index contributed by atoms with van der Waals surface area (Å²) in [5.74, 6) is -0.699. The number of nitrogens with zero attached hydrogens (tertiary/aromatic N) is 2. The van der Waals surface area contributed by atoms with Gasteiger partial charge in [-0.05, 0) is 74.2 Å². The van der Waals surface area contributed by atoms with Crippen molar-refractivity contribution in [2.24, 2.45) is 0 Å². The molecule has 0 bridgehead atoms. The van der Waals surface area contributed by atoms with Gasteiger partial charge >= 0.3 is 0 Å². The van der Waals surface area contributed by atoms with E-state index < -0.39 is 28.5 Å². The maximum Gasteiger partial charge on any atom is 0.264 e. The lowest BCUT2D eigenvalue weighted by molar-refractivity contribution is -0.139. The lowest BCUT2D eigenvalue weighted by Gasteiger charge is -2.33. The first kappa shape index (κ1) is 29.8. The van der Waals surface area contributed by atoms with Gasteiger partial charge in [0.1, 0.15) is 12.6 Å². The van der Waals surface area contributed by atoms with Gasteiger partial charge in [-0.2, -0.15) is 0 Å². The molecule has 2 amide bonds. The number of rotatable bonds is 10. The molecule has 1 saturated carbocycles. The molecule has 3 aromatic rings. The van der Waals surface area contributed by atoms with Gasteiger partial charge in [-0.25, -0.2) is 8.42 Å². The predicted molar refractivity (Wildman–Crippen MR) is 161 cm³/mol. The minimum absolute atomic E-state index is 0.0888. The number of hydrogen-bond donors (Lipinski definition) is 1. The Morgan fingerprint density at radius 2 is 1.65 bits per heavy atom. The van der Waals surface area contributed by atoms with Crippen LogP contribution in [0.15, 0.2) is 88.2 Å². The molecular weight excluding hydrogens is 590 g/mol. The van der Waals surface area contributed by atoms with E-state index in [-0.39, 0.29) is 23.4 Å². The number of halogens is 1. The summed E-state index contributed by atoms with van der Waals surface area (Å²) in [6.07, 6.45) is 5.16. The first-order valence-corrected chi connectivity index (χ1v) is 15.9. The summed E-state index contributed by atoms with van der Waals surface area (Å²) in [6, 6.07) is 22.0. The van der Waals surface area contributed by atoms with Crippen molar-refractivity contribution in [1.29, 1.82) is 0 Å². The van der Waals surface area contributed by atoms with Crippen LogP contribution in [-0.2, 0) is 26.2 Å². The summed E-state index contributed by atoms with van der Waals surface area (Å²) < 4.78 is 29.7. The van der Waals surface area contributed by atoms with Crippen molar-refractivity contribution in [3.8, 4) is 0 Å². The normalized spacial score (nSPS) is 14.8. The van der Waals surface area contributed by atoms with E-state index in [0.29, 0.717) is 5.69 Å². The minimum Gasteiger partial charge on any atom is -0.352 e. The molecule has 0 aliphatic heterocycles. The average molecular weight is 627 g/mol. The summed E-state index contributed by atoms with van der Waals surface area (Å²) in [7, 11) is -4.07. The number of anilines is 1. The summed E-state index contributed by atoms with van der Waals surface area (Å²) in [5.41, 5.74) is 2.08. The number of nitrogens with one attached hydrogen (secondary N) is 1. The van der Waals surface area contributed by atoms with E-state index in [2.05, 4.69) is 21.2 Å². The van der Waals surface area contributed by atoms with E-state index in [1.807, 2.05) is 37.3 Å². The van der Waals surface area contributed by atoms with Gasteiger partial charge in [0, 0.05) is 17.1 Å². The number of carbonyl (C=O) groups is 2. The van der Waals surface area contributed by atoms with Crippen molar-refractivity contribution >= 4 is 43.5 Å². The van der Waals surface area contributed by atoms with Crippen LogP contribution in [0.1, 0.15) is 50.2 Å². The molecule has 0 spiro atoms. The average Bonchev–Trinajstić information content (AvgIpc) is 2.95.